The van der Waals surface area contributed by atoms with Gasteiger partial charge in [-0.2, -0.15) is 5.10 Å². The molecular weight excluding hydrogens is 330 g/mol. The second-order valence-electron chi connectivity index (χ2n) is 5.71. The monoisotopic (exact) mass is 347 g/mol. The zero-order valence-electron chi connectivity index (χ0n) is 13.0. The van der Waals surface area contributed by atoms with E-state index in [1.54, 1.807) is 34.2 Å². The van der Waals surface area contributed by atoms with Crippen LogP contribution in [-0.4, -0.2) is 40.8 Å². The average Bonchev–Trinajstić information content (AvgIpc) is 3.27. The first-order valence-corrected chi connectivity index (χ1v) is 9.17. The predicted octanol–water partition coefficient (Wildman–Crippen LogP) is 2.97. The van der Waals surface area contributed by atoms with Crippen molar-refractivity contribution in [3.8, 4) is 0 Å². The summed E-state index contributed by atoms with van der Waals surface area (Å²) in [6.07, 6.45) is 6.01. The molecule has 0 bridgehead atoms. The highest BCUT2D eigenvalue weighted by Gasteiger charge is 2.21. The number of thiazole rings is 1. The Morgan fingerprint density at radius 1 is 1.30 bits per heavy atom. The standard InChI is InChI=1S/C15H17N5OS2/c1-18-9-10(8-16-18)19(2)14(21)12-7-11-13(22-12)17-15(23-11)20-5-3-4-6-20/h7-9H,3-6H2,1-2H3. The molecule has 4 heterocycles. The molecule has 0 saturated carbocycles. The SMILES string of the molecule is CN(C(=O)c1cc2sc(N3CCCC3)nc2s1)c1cnn(C)c1. The number of rotatable bonds is 3. The highest BCUT2D eigenvalue weighted by Crippen LogP contribution is 2.36. The maximum Gasteiger partial charge on any atom is 0.268 e. The van der Waals surface area contributed by atoms with Gasteiger partial charge in [-0.25, -0.2) is 4.98 Å². The number of fused-ring (bicyclic) bond motifs is 1. The van der Waals surface area contributed by atoms with Crippen LogP contribution < -0.4 is 9.80 Å². The molecule has 0 atom stereocenters. The number of aryl methyl sites for hydroxylation is 1. The summed E-state index contributed by atoms with van der Waals surface area (Å²) in [6, 6.07) is 1.96. The molecule has 3 aromatic heterocycles. The number of nitrogens with zero attached hydrogens (tertiary/aromatic N) is 5. The molecule has 1 saturated heterocycles. The fourth-order valence-electron chi connectivity index (χ4n) is 2.74. The third kappa shape index (κ3) is 2.61. The summed E-state index contributed by atoms with van der Waals surface area (Å²) in [5.41, 5.74) is 0.792. The summed E-state index contributed by atoms with van der Waals surface area (Å²) >= 11 is 3.15. The fourth-order valence-corrected chi connectivity index (χ4v) is 4.98. The molecule has 1 aliphatic heterocycles. The molecule has 1 aliphatic rings. The van der Waals surface area contributed by atoms with Gasteiger partial charge >= 0.3 is 0 Å². The largest absolute Gasteiger partial charge is 0.348 e. The van der Waals surface area contributed by atoms with E-state index in [4.69, 9.17) is 4.98 Å². The van der Waals surface area contributed by atoms with E-state index in [1.807, 2.05) is 19.3 Å². The van der Waals surface area contributed by atoms with Crippen molar-refractivity contribution in [3.05, 3.63) is 23.3 Å². The molecule has 1 fully saturated rings. The van der Waals surface area contributed by atoms with Gasteiger partial charge in [-0.1, -0.05) is 11.3 Å². The van der Waals surface area contributed by atoms with E-state index < -0.39 is 0 Å². The van der Waals surface area contributed by atoms with Gasteiger partial charge in [0.05, 0.1) is 21.5 Å². The molecule has 0 aromatic carbocycles. The summed E-state index contributed by atoms with van der Waals surface area (Å²) < 4.78 is 2.79. The molecule has 4 rings (SSSR count). The first-order chi connectivity index (χ1) is 11.1. The lowest BCUT2D eigenvalue weighted by atomic mass is 10.4. The van der Waals surface area contributed by atoms with Crippen molar-refractivity contribution in [2.45, 2.75) is 12.8 Å². The topological polar surface area (TPSA) is 54.3 Å². The minimum absolute atomic E-state index is 0.0177. The zero-order chi connectivity index (χ0) is 16.0. The Hall–Kier alpha value is -1.93. The van der Waals surface area contributed by atoms with Crippen LogP contribution in [0.25, 0.3) is 9.53 Å². The van der Waals surface area contributed by atoms with Gasteiger partial charge in [0, 0.05) is 33.4 Å². The van der Waals surface area contributed by atoms with Crippen LogP contribution in [0, 0.1) is 0 Å². The van der Waals surface area contributed by atoms with Crippen molar-refractivity contribution in [3.63, 3.8) is 0 Å². The summed E-state index contributed by atoms with van der Waals surface area (Å²) in [4.78, 5) is 23.0. The van der Waals surface area contributed by atoms with Crippen LogP contribution in [0.15, 0.2) is 18.5 Å². The van der Waals surface area contributed by atoms with Crippen LogP contribution in [0.2, 0.25) is 0 Å². The molecule has 0 aliphatic carbocycles. The minimum atomic E-state index is -0.0177. The number of carbonyl (C=O) groups excluding carboxylic acids is 1. The predicted molar refractivity (Wildman–Crippen MR) is 94.9 cm³/mol. The average molecular weight is 347 g/mol. The van der Waals surface area contributed by atoms with Crippen molar-refractivity contribution in [1.29, 1.82) is 0 Å². The number of thiophene rings is 1. The fraction of sp³-hybridized carbons (Fsp3) is 0.400. The smallest absolute Gasteiger partial charge is 0.268 e. The Kier molecular flexibility index (Phi) is 3.57. The molecule has 6 nitrogen and oxygen atoms in total. The van der Waals surface area contributed by atoms with Crippen molar-refractivity contribution >= 4 is 48.9 Å². The lowest BCUT2D eigenvalue weighted by molar-refractivity contribution is 0.0997. The van der Waals surface area contributed by atoms with Gasteiger partial charge < -0.3 is 9.80 Å². The van der Waals surface area contributed by atoms with Crippen LogP contribution >= 0.6 is 22.7 Å². The lowest BCUT2D eigenvalue weighted by Gasteiger charge is -2.13. The Balaban J connectivity index is 1.59. The minimum Gasteiger partial charge on any atom is -0.348 e. The Bertz CT molecular complexity index is 827. The maximum absolute atomic E-state index is 12.6. The molecule has 1 amide bonds. The quantitative estimate of drug-likeness (QED) is 0.731. The molecule has 0 spiro atoms. The van der Waals surface area contributed by atoms with Crippen LogP contribution in [0.1, 0.15) is 22.5 Å². The third-order valence-electron chi connectivity index (χ3n) is 4.05. The summed E-state index contributed by atoms with van der Waals surface area (Å²) in [5, 5.41) is 5.20. The van der Waals surface area contributed by atoms with E-state index in [0.29, 0.717) is 0 Å². The lowest BCUT2D eigenvalue weighted by Crippen LogP contribution is -2.24. The second kappa shape index (κ2) is 5.61. The van der Waals surface area contributed by atoms with Crippen molar-refractivity contribution in [2.75, 3.05) is 29.9 Å². The number of hydrogen-bond acceptors (Lipinski definition) is 6. The van der Waals surface area contributed by atoms with Gasteiger partial charge in [-0.05, 0) is 18.9 Å². The summed E-state index contributed by atoms with van der Waals surface area (Å²) in [6.45, 7) is 2.19. The summed E-state index contributed by atoms with van der Waals surface area (Å²) in [7, 11) is 3.61. The number of anilines is 2. The van der Waals surface area contributed by atoms with Crippen LogP contribution in [0.4, 0.5) is 10.8 Å². The van der Waals surface area contributed by atoms with Gasteiger partial charge in [0.2, 0.25) is 0 Å². The molecule has 120 valence electrons. The van der Waals surface area contributed by atoms with E-state index in [2.05, 4.69) is 10.00 Å². The van der Waals surface area contributed by atoms with E-state index in [1.165, 1.54) is 24.2 Å². The Labute approximate surface area is 142 Å². The molecule has 8 heteroatoms. The van der Waals surface area contributed by atoms with Crippen molar-refractivity contribution < 1.29 is 4.79 Å². The number of hydrogen-bond donors (Lipinski definition) is 0. The molecule has 3 aromatic rings. The van der Waals surface area contributed by atoms with E-state index in [9.17, 15) is 4.79 Å². The van der Waals surface area contributed by atoms with E-state index >= 15 is 0 Å². The third-order valence-corrected chi connectivity index (χ3v) is 6.26. The highest BCUT2D eigenvalue weighted by atomic mass is 32.1. The number of amides is 1. The van der Waals surface area contributed by atoms with E-state index in [0.717, 1.165) is 38.3 Å². The number of carbonyl (C=O) groups is 1. The van der Waals surface area contributed by atoms with Gasteiger partial charge in [0.25, 0.3) is 5.91 Å². The van der Waals surface area contributed by atoms with Crippen LogP contribution in [-0.2, 0) is 7.05 Å². The first-order valence-electron chi connectivity index (χ1n) is 7.54. The van der Waals surface area contributed by atoms with Gasteiger partial charge in [0.15, 0.2) is 5.13 Å². The normalized spacial score (nSPS) is 14.8. The highest BCUT2D eigenvalue weighted by molar-refractivity contribution is 7.29. The molecule has 23 heavy (non-hydrogen) atoms. The molecular formula is C15H17N5OS2. The van der Waals surface area contributed by atoms with Crippen molar-refractivity contribution in [1.82, 2.24) is 14.8 Å². The maximum atomic E-state index is 12.6. The Morgan fingerprint density at radius 2 is 2.09 bits per heavy atom. The summed E-state index contributed by atoms with van der Waals surface area (Å²) in [5.74, 6) is -0.0177. The molecule has 0 radical (unpaired) electrons. The first kappa shape index (κ1) is 14.6. The second-order valence-corrected chi connectivity index (χ2v) is 7.75. The number of aromatic nitrogens is 3. The van der Waals surface area contributed by atoms with Gasteiger partial charge in [-0.15, -0.1) is 11.3 Å². The van der Waals surface area contributed by atoms with Gasteiger partial charge in [-0.3, -0.25) is 9.48 Å². The van der Waals surface area contributed by atoms with E-state index in [-0.39, 0.29) is 5.91 Å². The van der Waals surface area contributed by atoms with Gasteiger partial charge in [0.1, 0.15) is 4.83 Å². The van der Waals surface area contributed by atoms with Crippen LogP contribution in [0.3, 0.4) is 0 Å². The zero-order valence-corrected chi connectivity index (χ0v) is 14.7. The molecule has 0 unspecified atom stereocenters. The molecule has 0 N–H and O–H groups in total. The Morgan fingerprint density at radius 3 is 2.74 bits per heavy atom. The van der Waals surface area contributed by atoms with Crippen LogP contribution in [0.5, 0.6) is 0 Å². The van der Waals surface area contributed by atoms with Crippen molar-refractivity contribution in [2.24, 2.45) is 7.05 Å².